The topological polar surface area (TPSA) is 77.1 Å². The number of nitrogens with two attached hydrogens (primary N) is 1. The van der Waals surface area contributed by atoms with E-state index in [1.54, 1.807) is 10.6 Å². The standard InChI is InChI=1S/C17H19N3O2/c18-19-16(21)14-10-11-15(12-6-2-1-3-7-12)20(17(14)22)13-8-4-5-9-13/h1-3,6-7,10-11,13H,4-5,8-9,18H2,(H,19,21). The zero-order valence-electron chi connectivity index (χ0n) is 12.3. The van der Waals surface area contributed by atoms with E-state index in [1.165, 1.54) is 0 Å². The van der Waals surface area contributed by atoms with Gasteiger partial charge in [-0.2, -0.15) is 0 Å². The van der Waals surface area contributed by atoms with Gasteiger partial charge in [-0.25, -0.2) is 5.84 Å². The molecule has 2 aromatic rings. The lowest BCUT2D eigenvalue weighted by Gasteiger charge is -2.20. The van der Waals surface area contributed by atoms with Crippen molar-refractivity contribution in [1.29, 1.82) is 0 Å². The van der Waals surface area contributed by atoms with Crippen LogP contribution in [0.15, 0.2) is 47.3 Å². The summed E-state index contributed by atoms with van der Waals surface area (Å²) in [6.07, 6.45) is 4.15. The number of hydrogen-bond acceptors (Lipinski definition) is 3. The van der Waals surface area contributed by atoms with Crippen molar-refractivity contribution >= 4 is 5.91 Å². The molecule has 1 amide bonds. The molecule has 1 heterocycles. The lowest BCUT2D eigenvalue weighted by atomic mass is 10.1. The van der Waals surface area contributed by atoms with Crippen molar-refractivity contribution in [2.24, 2.45) is 5.84 Å². The second-order valence-electron chi connectivity index (χ2n) is 5.59. The zero-order valence-corrected chi connectivity index (χ0v) is 12.3. The molecule has 22 heavy (non-hydrogen) atoms. The molecule has 0 aliphatic heterocycles. The molecule has 114 valence electrons. The number of nitrogen functional groups attached to an aromatic ring is 1. The van der Waals surface area contributed by atoms with Crippen LogP contribution in [0.2, 0.25) is 0 Å². The van der Waals surface area contributed by atoms with Gasteiger partial charge in [-0.3, -0.25) is 15.0 Å². The highest BCUT2D eigenvalue weighted by molar-refractivity contribution is 5.93. The first kappa shape index (κ1) is 14.5. The van der Waals surface area contributed by atoms with E-state index in [-0.39, 0.29) is 17.2 Å². The molecule has 3 N–H and O–H groups in total. The summed E-state index contributed by atoms with van der Waals surface area (Å²) in [5.41, 5.74) is 3.70. The first-order chi connectivity index (χ1) is 10.7. The highest BCUT2D eigenvalue weighted by Gasteiger charge is 2.23. The third-order valence-electron chi connectivity index (χ3n) is 4.25. The van der Waals surface area contributed by atoms with Crippen LogP contribution in [-0.2, 0) is 0 Å². The monoisotopic (exact) mass is 297 g/mol. The molecule has 1 aliphatic carbocycles. The normalized spacial score (nSPS) is 15.0. The Kier molecular flexibility index (Phi) is 4.06. The summed E-state index contributed by atoms with van der Waals surface area (Å²) < 4.78 is 1.77. The van der Waals surface area contributed by atoms with Crippen molar-refractivity contribution in [2.45, 2.75) is 31.7 Å². The second kappa shape index (κ2) is 6.15. The van der Waals surface area contributed by atoms with Crippen LogP contribution in [0.4, 0.5) is 0 Å². The Morgan fingerprint density at radius 2 is 1.77 bits per heavy atom. The fourth-order valence-electron chi connectivity index (χ4n) is 3.17. The Labute approximate surface area is 128 Å². The van der Waals surface area contributed by atoms with Gasteiger partial charge in [0.2, 0.25) is 0 Å². The molecule has 5 nitrogen and oxygen atoms in total. The van der Waals surface area contributed by atoms with Gasteiger partial charge in [0.25, 0.3) is 11.5 Å². The molecule has 0 saturated heterocycles. The van der Waals surface area contributed by atoms with Crippen molar-refractivity contribution in [1.82, 2.24) is 9.99 Å². The number of nitrogens with one attached hydrogen (secondary N) is 1. The third-order valence-corrected chi connectivity index (χ3v) is 4.25. The third kappa shape index (κ3) is 2.55. The number of carbonyl (C=O) groups is 1. The van der Waals surface area contributed by atoms with Gasteiger partial charge in [0, 0.05) is 6.04 Å². The van der Waals surface area contributed by atoms with Gasteiger partial charge in [-0.1, -0.05) is 43.2 Å². The maximum atomic E-state index is 12.8. The van der Waals surface area contributed by atoms with Crippen molar-refractivity contribution in [3.8, 4) is 11.3 Å². The van der Waals surface area contributed by atoms with Gasteiger partial charge in [0.1, 0.15) is 5.56 Å². The predicted octanol–water partition coefficient (Wildman–Crippen LogP) is 2.23. The molecule has 0 radical (unpaired) electrons. The van der Waals surface area contributed by atoms with Gasteiger partial charge in [-0.15, -0.1) is 0 Å². The lowest BCUT2D eigenvalue weighted by Crippen LogP contribution is -2.37. The second-order valence-corrected chi connectivity index (χ2v) is 5.59. The number of benzene rings is 1. The van der Waals surface area contributed by atoms with E-state index in [0.717, 1.165) is 36.9 Å². The molecule has 1 saturated carbocycles. The van der Waals surface area contributed by atoms with Gasteiger partial charge in [0.05, 0.1) is 5.69 Å². The fraction of sp³-hybridized carbons (Fsp3) is 0.294. The minimum absolute atomic E-state index is 0.0917. The van der Waals surface area contributed by atoms with Crippen molar-refractivity contribution in [3.05, 3.63) is 58.4 Å². The predicted molar refractivity (Wildman–Crippen MR) is 85.3 cm³/mol. The number of aromatic nitrogens is 1. The van der Waals surface area contributed by atoms with Crippen LogP contribution >= 0.6 is 0 Å². The van der Waals surface area contributed by atoms with E-state index >= 15 is 0 Å². The zero-order chi connectivity index (χ0) is 15.5. The number of hydrogen-bond donors (Lipinski definition) is 2. The van der Waals surface area contributed by atoms with Crippen LogP contribution in [-0.4, -0.2) is 10.5 Å². The summed E-state index contributed by atoms with van der Waals surface area (Å²) in [5.74, 6) is 4.63. The molecule has 0 spiro atoms. The highest BCUT2D eigenvalue weighted by atomic mass is 16.2. The molecule has 0 atom stereocenters. The van der Waals surface area contributed by atoms with E-state index < -0.39 is 5.91 Å². The number of amides is 1. The van der Waals surface area contributed by atoms with Gasteiger partial charge in [-0.05, 0) is 30.5 Å². The molecule has 1 aliphatic rings. The van der Waals surface area contributed by atoms with Crippen LogP contribution in [0.5, 0.6) is 0 Å². The largest absolute Gasteiger partial charge is 0.305 e. The molecule has 5 heteroatoms. The number of pyridine rings is 1. The smallest absolute Gasteiger partial charge is 0.270 e. The van der Waals surface area contributed by atoms with E-state index in [1.807, 2.05) is 41.8 Å². The lowest BCUT2D eigenvalue weighted by molar-refractivity contribution is 0.0951. The van der Waals surface area contributed by atoms with E-state index in [9.17, 15) is 9.59 Å². The van der Waals surface area contributed by atoms with E-state index in [0.29, 0.717) is 0 Å². The summed E-state index contributed by atoms with van der Waals surface area (Å²) in [4.78, 5) is 24.6. The average molecular weight is 297 g/mol. The Hall–Kier alpha value is -2.40. The Bertz CT molecular complexity index is 731. The quantitative estimate of drug-likeness (QED) is 0.518. The molecule has 1 aromatic heterocycles. The minimum atomic E-state index is -0.545. The summed E-state index contributed by atoms with van der Waals surface area (Å²) in [5, 5.41) is 0. The number of nitrogens with zero attached hydrogens (tertiary/aromatic N) is 1. The molecular weight excluding hydrogens is 278 g/mol. The summed E-state index contributed by atoms with van der Waals surface area (Å²) >= 11 is 0. The maximum absolute atomic E-state index is 12.8. The summed E-state index contributed by atoms with van der Waals surface area (Å²) in [7, 11) is 0. The molecular formula is C17H19N3O2. The number of hydrazine groups is 1. The molecule has 3 rings (SSSR count). The number of rotatable bonds is 3. The first-order valence-electron chi connectivity index (χ1n) is 7.54. The van der Waals surface area contributed by atoms with Crippen LogP contribution in [0, 0.1) is 0 Å². The Morgan fingerprint density at radius 3 is 2.41 bits per heavy atom. The average Bonchev–Trinajstić information content (AvgIpc) is 3.08. The van der Waals surface area contributed by atoms with Crippen LogP contribution < -0.4 is 16.8 Å². The highest BCUT2D eigenvalue weighted by Crippen LogP contribution is 2.32. The SMILES string of the molecule is NNC(=O)c1ccc(-c2ccccc2)n(C2CCCC2)c1=O. The molecule has 1 fully saturated rings. The molecule has 1 aromatic carbocycles. The van der Waals surface area contributed by atoms with Crippen molar-refractivity contribution < 1.29 is 4.79 Å². The minimum Gasteiger partial charge on any atom is -0.305 e. The van der Waals surface area contributed by atoms with Crippen molar-refractivity contribution in [3.63, 3.8) is 0 Å². The Balaban J connectivity index is 2.20. The fourth-order valence-corrected chi connectivity index (χ4v) is 3.17. The molecule has 0 bridgehead atoms. The maximum Gasteiger partial charge on any atom is 0.270 e. The van der Waals surface area contributed by atoms with Crippen LogP contribution in [0.25, 0.3) is 11.3 Å². The Morgan fingerprint density at radius 1 is 1.09 bits per heavy atom. The summed E-state index contributed by atoms with van der Waals surface area (Å²) in [6.45, 7) is 0. The van der Waals surface area contributed by atoms with Gasteiger partial charge >= 0.3 is 0 Å². The first-order valence-corrected chi connectivity index (χ1v) is 7.54. The van der Waals surface area contributed by atoms with E-state index in [4.69, 9.17) is 5.84 Å². The van der Waals surface area contributed by atoms with Crippen molar-refractivity contribution in [2.75, 3.05) is 0 Å². The van der Waals surface area contributed by atoms with Crippen LogP contribution in [0.3, 0.4) is 0 Å². The van der Waals surface area contributed by atoms with Crippen LogP contribution in [0.1, 0.15) is 42.1 Å². The summed E-state index contributed by atoms with van der Waals surface area (Å²) in [6, 6.07) is 13.3. The van der Waals surface area contributed by atoms with Gasteiger partial charge < -0.3 is 4.57 Å². The molecule has 0 unspecified atom stereocenters. The van der Waals surface area contributed by atoms with Gasteiger partial charge in [0.15, 0.2) is 0 Å². The van der Waals surface area contributed by atoms with E-state index in [2.05, 4.69) is 0 Å². The number of carbonyl (C=O) groups excluding carboxylic acids is 1.